The van der Waals surface area contributed by atoms with Gasteiger partial charge in [0.15, 0.2) is 0 Å². The van der Waals surface area contributed by atoms with Crippen LogP contribution in [0.5, 0.6) is 0 Å². The molecule has 0 heterocycles. The maximum Gasteiger partial charge on any atom is 0.305 e. The summed E-state index contributed by atoms with van der Waals surface area (Å²) in [5, 5.41) is 10.2. The molecule has 4 saturated carbocycles. The van der Waals surface area contributed by atoms with Crippen molar-refractivity contribution in [2.75, 3.05) is 7.11 Å². The van der Waals surface area contributed by atoms with Crippen molar-refractivity contribution in [1.29, 1.82) is 0 Å². The molecule has 0 unspecified atom stereocenters. The number of ketones is 1. The van der Waals surface area contributed by atoms with Gasteiger partial charge in [0.25, 0.3) is 0 Å². The second kappa shape index (κ2) is 7.66. The van der Waals surface area contributed by atoms with Crippen molar-refractivity contribution in [3.63, 3.8) is 0 Å². The van der Waals surface area contributed by atoms with E-state index in [0.29, 0.717) is 47.7 Å². The Morgan fingerprint density at radius 3 is 2.66 bits per heavy atom. The molecule has 0 aromatic carbocycles. The number of esters is 1. The van der Waals surface area contributed by atoms with Crippen molar-refractivity contribution < 1.29 is 19.4 Å². The second-order valence-electron chi connectivity index (χ2n) is 11.3. The molecule has 9 atom stereocenters. The van der Waals surface area contributed by atoms with Crippen LogP contribution in [0.15, 0.2) is 0 Å². The zero-order valence-corrected chi connectivity index (χ0v) is 18.8. The van der Waals surface area contributed by atoms with Gasteiger partial charge in [-0.3, -0.25) is 9.59 Å². The molecule has 0 radical (unpaired) electrons. The lowest BCUT2D eigenvalue weighted by Crippen LogP contribution is -2.57. The van der Waals surface area contributed by atoms with E-state index in [1.54, 1.807) is 0 Å². The summed E-state index contributed by atoms with van der Waals surface area (Å²) in [6.45, 7) is 6.94. The van der Waals surface area contributed by atoms with Gasteiger partial charge in [0, 0.05) is 18.3 Å². The maximum atomic E-state index is 13.7. The van der Waals surface area contributed by atoms with E-state index in [2.05, 4.69) is 20.8 Å². The fraction of sp³-hybridized carbons (Fsp3) is 0.920. The van der Waals surface area contributed by atoms with Crippen LogP contribution in [0, 0.1) is 46.3 Å². The van der Waals surface area contributed by atoms with E-state index in [9.17, 15) is 14.7 Å². The van der Waals surface area contributed by atoms with E-state index in [1.165, 1.54) is 26.4 Å². The molecule has 0 aromatic rings. The minimum Gasteiger partial charge on any atom is -0.469 e. The fourth-order valence-electron chi connectivity index (χ4n) is 8.53. The van der Waals surface area contributed by atoms with Crippen LogP contribution in [0.4, 0.5) is 0 Å². The topological polar surface area (TPSA) is 63.6 Å². The van der Waals surface area contributed by atoms with Crippen LogP contribution in [0.1, 0.15) is 85.0 Å². The van der Waals surface area contributed by atoms with Gasteiger partial charge in [-0.1, -0.05) is 20.8 Å². The van der Waals surface area contributed by atoms with Gasteiger partial charge in [0.05, 0.1) is 13.2 Å². The Kier molecular flexibility index (Phi) is 5.63. The van der Waals surface area contributed by atoms with Crippen LogP contribution >= 0.6 is 0 Å². The Balaban J connectivity index is 1.54. The lowest BCUT2D eigenvalue weighted by Gasteiger charge is -2.60. The summed E-state index contributed by atoms with van der Waals surface area (Å²) in [6, 6.07) is 0. The van der Waals surface area contributed by atoms with E-state index in [4.69, 9.17) is 4.74 Å². The Labute approximate surface area is 176 Å². The van der Waals surface area contributed by atoms with Gasteiger partial charge in [0.1, 0.15) is 5.78 Å². The normalized spacial score (nSPS) is 47.7. The van der Waals surface area contributed by atoms with Crippen LogP contribution in [-0.2, 0) is 14.3 Å². The van der Waals surface area contributed by atoms with E-state index < -0.39 is 0 Å². The third-order valence-electron chi connectivity index (χ3n) is 10.3. The third kappa shape index (κ3) is 3.28. The zero-order chi connectivity index (χ0) is 21.0. The summed E-state index contributed by atoms with van der Waals surface area (Å²) in [7, 11) is 1.45. The highest BCUT2D eigenvalue weighted by molar-refractivity contribution is 5.87. The number of ether oxygens (including phenoxy) is 1. The first-order valence-electron chi connectivity index (χ1n) is 12.0. The van der Waals surface area contributed by atoms with E-state index >= 15 is 0 Å². The van der Waals surface area contributed by atoms with Gasteiger partial charge in [-0.25, -0.2) is 0 Å². The third-order valence-corrected chi connectivity index (χ3v) is 10.3. The molecular weight excluding hydrogens is 364 g/mol. The molecule has 0 aliphatic heterocycles. The predicted molar refractivity (Wildman–Crippen MR) is 112 cm³/mol. The first-order chi connectivity index (χ1) is 13.7. The Morgan fingerprint density at radius 2 is 1.93 bits per heavy atom. The smallest absolute Gasteiger partial charge is 0.305 e. The Morgan fingerprint density at radius 1 is 1.17 bits per heavy atom. The Bertz CT molecular complexity index is 659. The van der Waals surface area contributed by atoms with Crippen molar-refractivity contribution in [2.45, 2.75) is 91.1 Å². The number of aliphatic hydroxyl groups is 1. The highest BCUT2D eigenvalue weighted by Gasteiger charge is 2.63. The van der Waals surface area contributed by atoms with Gasteiger partial charge in [-0.2, -0.15) is 0 Å². The summed E-state index contributed by atoms with van der Waals surface area (Å²) in [5.41, 5.74) is 0.0157. The van der Waals surface area contributed by atoms with Crippen LogP contribution in [0.25, 0.3) is 0 Å². The molecule has 0 aromatic heterocycles. The van der Waals surface area contributed by atoms with Crippen LogP contribution < -0.4 is 0 Å². The van der Waals surface area contributed by atoms with Crippen molar-refractivity contribution >= 4 is 11.8 Å². The summed E-state index contributed by atoms with van der Waals surface area (Å²) >= 11 is 0. The first-order valence-corrected chi connectivity index (χ1v) is 12.0. The molecule has 4 rings (SSSR count). The molecule has 4 heteroatoms. The van der Waals surface area contributed by atoms with Crippen molar-refractivity contribution in [3.05, 3.63) is 0 Å². The molecule has 29 heavy (non-hydrogen) atoms. The lowest BCUT2D eigenvalue weighted by atomic mass is 9.44. The summed E-state index contributed by atoms with van der Waals surface area (Å²) < 4.78 is 4.83. The van der Waals surface area contributed by atoms with Crippen LogP contribution in [-0.4, -0.2) is 30.1 Å². The number of carbonyl (C=O) groups is 2. The lowest BCUT2D eigenvalue weighted by molar-refractivity contribution is -0.160. The summed E-state index contributed by atoms with van der Waals surface area (Å²) in [5.74, 6) is 3.37. The molecule has 0 bridgehead atoms. The number of fused-ring (bicyclic) bond motifs is 5. The van der Waals surface area contributed by atoms with E-state index in [-0.39, 0.29) is 22.9 Å². The Hall–Kier alpha value is -0.900. The van der Waals surface area contributed by atoms with Gasteiger partial charge in [0.2, 0.25) is 0 Å². The van der Waals surface area contributed by atoms with Crippen LogP contribution in [0.2, 0.25) is 0 Å². The number of aliphatic hydroxyl groups excluding tert-OH is 1. The minimum absolute atomic E-state index is 0.138. The number of hydrogen-bond acceptors (Lipinski definition) is 4. The molecular formula is C25H40O4. The monoisotopic (exact) mass is 404 g/mol. The highest BCUT2D eigenvalue weighted by Crippen LogP contribution is 2.67. The SMILES string of the molecule is COC(=O)CC[C@H](C)[C@H]1CC[C@H]2[C@@H]3CC[C@@H]4C[C@@H](O)CC[C@]4(C)[C@H]3CC(=O)[C@]12C. The molecule has 1 N–H and O–H groups in total. The average molecular weight is 405 g/mol. The largest absolute Gasteiger partial charge is 0.469 e. The fourth-order valence-corrected chi connectivity index (χ4v) is 8.53. The number of Topliss-reactive ketones (excluding diaryl/α,β-unsaturated/α-hetero) is 1. The highest BCUT2D eigenvalue weighted by atomic mass is 16.5. The molecule has 4 fully saturated rings. The van der Waals surface area contributed by atoms with E-state index in [1.807, 2.05) is 0 Å². The number of methoxy groups -OCH3 is 1. The van der Waals surface area contributed by atoms with Gasteiger partial charge < -0.3 is 9.84 Å². The molecule has 4 aliphatic rings. The number of hydrogen-bond donors (Lipinski definition) is 1. The molecule has 4 aliphatic carbocycles. The van der Waals surface area contributed by atoms with E-state index in [0.717, 1.165) is 38.5 Å². The second-order valence-corrected chi connectivity index (χ2v) is 11.3. The summed E-state index contributed by atoms with van der Waals surface area (Å²) in [6.07, 6.45) is 9.53. The van der Waals surface area contributed by atoms with Crippen molar-refractivity contribution in [1.82, 2.24) is 0 Å². The molecule has 4 nitrogen and oxygen atoms in total. The average Bonchev–Trinajstić information content (AvgIpc) is 3.06. The van der Waals surface area contributed by atoms with Gasteiger partial charge in [-0.05, 0) is 92.3 Å². The maximum absolute atomic E-state index is 13.7. The molecule has 0 saturated heterocycles. The molecule has 0 amide bonds. The zero-order valence-electron chi connectivity index (χ0n) is 18.8. The first kappa shape index (κ1) is 21.3. The van der Waals surface area contributed by atoms with Gasteiger partial charge in [-0.15, -0.1) is 0 Å². The summed E-state index contributed by atoms with van der Waals surface area (Å²) in [4.78, 5) is 25.3. The predicted octanol–water partition coefficient (Wildman–Crippen LogP) is 4.77. The number of rotatable bonds is 4. The molecule has 0 spiro atoms. The number of carbonyl (C=O) groups excluding carboxylic acids is 2. The van der Waals surface area contributed by atoms with Crippen molar-refractivity contribution in [3.8, 4) is 0 Å². The quantitative estimate of drug-likeness (QED) is 0.685. The minimum atomic E-state index is -0.214. The van der Waals surface area contributed by atoms with Crippen molar-refractivity contribution in [2.24, 2.45) is 46.3 Å². The van der Waals surface area contributed by atoms with Gasteiger partial charge >= 0.3 is 5.97 Å². The van der Waals surface area contributed by atoms with Crippen LogP contribution in [0.3, 0.4) is 0 Å². The standard InChI is InChI=1S/C25H40O4/c1-15(5-10-23(28)29-4)19-8-9-20-18-7-6-16-13-17(26)11-12-24(16,2)21(18)14-22(27)25(19,20)3/h15-21,26H,5-14H2,1-4H3/t15-,16+,17-,18-,19+,20-,21-,24-,25+/m0/s1. The molecule has 164 valence electrons.